The Balaban J connectivity index is 1.67. The van der Waals surface area contributed by atoms with E-state index in [9.17, 15) is 0 Å². The highest BCUT2D eigenvalue weighted by Crippen LogP contribution is 2.31. The Labute approximate surface area is 155 Å². The van der Waals surface area contributed by atoms with E-state index in [2.05, 4.69) is 111 Å². The maximum absolute atomic E-state index is 2.28. The average molecular weight is 334 g/mol. The van der Waals surface area contributed by atoms with Gasteiger partial charge in [0.2, 0.25) is 0 Å². The zero-order valence-corrected chi connectivity index (χ0v) is 15.2. The van der Waals surface area contributed by atoms with Crippen molar-refractivity contribution >= 4 is 0 Å². The summed E-state index contributed by atoms with van der Waals surface area (Å²) in [6.45, 7) is 4.35. The van der Waals surface area contributed by atoms with E-state index in [-0.39, 0.29) is 0 Å². The van der Waals surface area contributed by atoms with Crippen LogP contribution in [-0.2, 0) is 0 Å². The van der Waals surface area contributed by atoms with Gasteiger partial charge in [-0.2, -0.15) is 0 Å². The Kier molecular flexibility index (Phi) is 4.41. The molecule has 0 aliphatic heterocycles. The smallest absolute Gasteiger partial charge is 0.0154 e. The molecule has 0 heterocycles. The van der Waals surface area contributed by atoms with Crippen molar-refractivity contribution in [2.45, 2.75) is 13.8 Å². The Morgan fingerprint density at radius 2 is 0.923 bits per heavy atom. The number of hydrogen-bond donors (Lipinski definition) is 0. The molecule has 0 saturated carbocycles. The van der Waals surface area contributed by atoms with E-state index in [1.165, 1.54) is 44.5 Å². The van der Waals surface area contributed by atoms with E-state index in [1.54, 1.807) is 0 Å². The molecule has 0 amide bonds. The van der Waals surface area contributed by atoms with Crippen LogP contribution in [0.15, 0.2) is 97.1 Å². The van der Waals surface area contributed by atoms with Gasteiger partial charge in [0.05, 0.1) is 0 Å². The van der Waals surface area contributed by atoms with Crippen LogP contribution in [0.1, 0.15) is 11.1 Å². The molecule has 26 heavy (non-hydrogen) atoms. The fourth-order valence-corrected chi connectivity index (χ4v) is 3.52. The lowest BCUT2D eigenvalue weighted by molar-refractivity contribution is 1.44. The maximum atomic E-state index is 2.28. The first-order valence-corrected chi connectivity index (χ1v) is 9.05. The third-order valence-corrected chi connectivity index (χ3v) is 4.99. The fourth-order valence-electron chi connectivity index (χ4n) is 3.52. The molecule has 0 radical (unpaired) electrons. The highest BCUT2D eigenvalue weighted by atomic mass is 14.1. The van der Waals surface area contributed by atoms with Crippen molar-refractivity contribution < 1.29 is 0 Å². The van der Waals surface area contributed by atoms with Crippen LogP contribution >= 0.6 is 0 Å². The first-order valence-electron chi connectivity index (χ1n) is 9.05. The monoisotopic (exact) mass is 334 g/mol. The molecule has 0 saturated heterocycles. The summed E-state index contributed by atoms with van der Waals surface area (Å²) in [5.74, 6) is 0. The van der Waals surface area contributed by atoms with Crippen LogP contribution in [0.25, 0.3) is 33.4 Å². The summed E-state index contributed by atoms with van der Waals surface area (Å²) < 4.78 is 0. The molecule has 0 nitrogen and oxygen atoms in total. The van der Waals surface area contributed by atoms with Gasteiger partial charge >= 0.3 is 0 Å². The quantitative estimate of drug-likeness (QED) is 0.368. The summed E-state index contributed by atoms with van der Waals surface area (Å²) in [5.41, 5.74) is 10.3. The summed E-state index contributed by atoms with van der Waals surface area (Å²) in [7, 11) is 0. The molecule has 4 aromatic rings. The minimum atomic E-state index is 1.26. The third kappa shape index (κ3) is 3.19. The van der Waals surface area contributed by atoms with E-state index >= 15 is 0 Å². The van der Waals surface area contributed by atoms with Crippen molar-refractivity contribution in [1.29, 1.82) is 0 Å². The molecule has 0 bridgehead atoms. The van der Waals surface area contributed by atoms with Gasteiger partial charge in [-0.1, -0.05) is 97.1 Å². The maximum Gasteiger partial charge on any atom is -0.0154 e. The molecule has 0 N–H and O–H groups in total. The molecule has 0 fully saturated rings. The normalized spacial score (nSPS) is 10.7. The topological polar surface area (TPSA) is 0 Å². The summed E-state index contributed by atoms with van der Waals surface area (Å²) >= 11 is 0. The predicted octanol–water partition coefficient (Wildman–Crippen LogP) is 7.30. The molecule has 0 heteroatoms. The molecule has 126 valence electrons. The van der Waals surface area contributed by atoms with Crippen LogP contribution in [0.3, 0.4) is 0 Å². The highest BCUT2D eigenvalue weighted by Gasteiger charge is 2.06. The highest BCUT2D eigenvalue weighted by molar-refractivity contribution is 5.76. The van der Waals surface area contributed by atoms with Crippen molar-refractivity contribution in [3.8, 4) is 33.4 Å². The summed E-state index contributed by atoms with van der Waals surface area (Å²) in [6, 6.07) is 34.7. The van der Waals surface area contributed by atoms with E-state index in [0.29, 0.717) is 0 Å². The molecule has 4 aromatic carbocycles. The molecule has 0 unspecified atom stereocenters. The first-order chi connectivity index (χ1) is 12.7. The van der Waals surface area contributed by atoms with Crippen molar-refractivity contribution in [1.82, 2.24) is 0 Å². The SMILES string of the molecule is Cc1ccccc1-c1ccc(-c2ccc(-c3ccccc3)cc2C)cc1. The first kappa shape index (κ1) is 16.4. The lowest BCUT2D eigenvalue weighted by Gasteiger charge is -2.11. The van der Waals surface area contributed by atoms with Gasteiger partial charge in [0.1, 0.15) is 0 Å². The molecule has 0 aliphatic rings. The summed E-state index contributed by atoms with van der Waals surface area (Å²) in [5, 5.41) is 0. The third-order valence-electron chi connectivity index (χ3n) is 4.99. The minimum Gasteiger partial charge on any atom is -0.0622 e. The fraction of sp³-hybridized carbons (Fsp3) is 0.0769. The molecule has 0 atom stereocenters. The van der Waals surface area contributed by atoms with E-state index in [0.717, 1.165) is 0 Å². The lowest BCUT2D eigenvalue weighted by atomic mass is 9.94. The van der Waals surface area contributed by atoms with E-state index < -0.39 is 0 Å². The number of aryl methyl sites for hydroxylation is 2. The number of rotatable bonds is 3. The summed E-state index contributed by atoms with van der Waals surface area (Å²) in [4.78, 5) is 0. The second kappa shape index (κ2) is 7.01. The second-order valence-corrected chi connectivity index (χ2v) is 6.79. The van der Waals surface area contributed by atoms with Gasteiger partial charge in [0.25, 0.3) is 0 Å². The van der Waals surface area contributed by atoms with E-state index in [1.807, 2.05) is 0 Å². The number of benzene rings is 4. The van der Waals surface area contributed by atoms with Crippen molar-refractivity contribution in [2.24, 2.45) is 0 Å². The van der Waals surface area contributed by atoms with Gasteiger partial charge < -0.3 is 0 Å². The molecule has 0 aliphatic carbocycles. The standard InChI is InChI=1S/C26H22/c1-19-8-6-7-11-25(19)22-12-14-23(15-13-22)26-17-16-24(18-20(26)2)21-9-4-3-5-10-21/h3-18H,1-2H3. The zero-order valence-electron chi connectivity index (χ0n) is 15.2. The van der Waals surface area contributed by atoms with Crippen LogP contribution in [0.2, 0.25) is 0 Å². The molecule has 0 spiro atoms. The largest absolute Gasteiger partial charge is 0.0622 e. The Morgan fingerprint density at radius 1 is 0.385 bits per heavy atom. The Hall–Kier alpha value is -3.12. The van der Waals surface area contributed by atoms with Gasteiger partial charge in [-0.3, -0.25) is 0 Å². The van der Waals surface area contributed by atoms with Crippen LogP contribution in [0.4, 0.5) is 0 Å². The predicted molar refractivity (Wildman–Crippen MR) is 112 cm³/mol. The van der Waals surface area contributed by atoms with Gasteiger partial charge in [0, 0.05) is 0 Å². The second-order valence-electron chi connectivity index (χ2n) is 6.79. The average Bonchev–Trinajstić information content (AvgIpc) is 2.69. The van der Waals surface area contributed by atoms with Crippen molar-refractivity contribution in [3.63, 3.8) is 0 Å². The van der Waals surface area contributed by atoms with Crippen LogP contribution in [0.5, 0.6) is 0 Å². The molecular formula is C26H22. The number of hydrogen-bond acceptors (Lipinski definition) is 0. The minimum absolute atomic E-state index is 1.26. The van der Waals surface area contributed by atoms with Crippen LogP contribution < -0.4 is 0 Å². The Morgan fingerprint density at radius 3 is 1.54 bits per heavy atom. The molecular weight excluding hydrogens is 312 g/mol. The van der Waals surface area contributed by atoms with Gasteiger partial charge in [-0.25, -0.2) is 0 Å². The van der Waals surface area contributed by atoms with Gasteiger partial charge in [-0.15, -0.1) is 0 Å². The molecule has 0 aromatic heterocycles. The molecule has 4 rings (SSSR count). The Bertz CT molecular complexity index is 1030. The lowest BCUT2D eigenvalue weighted by Crippen LogP contribution is -1.87. The zero-order chi connectivity index (χ0) is 17.9. The van der Waals surface area contributed by atoms with Crippen LogP contribution in [-0.4, -0.2) is 0 Å². The van der Waals surface area contributed by atoms with Crippen molar-refractivity contribution in [3.05, 3.63) is 108 Å². The van der Waals surface area contributed by atoms with E-state index in [4.69, 9.17) is 0 Å². The van der Waals surface area contributed by atoms with Crippen molar-refractivity contribution in [2.75, 3.05) is 0 Å². The van der Waals surface area contributed by atoms with Gasteiger partial charge in [-0.05, 0) is 58.4 Å². The van der Waals surface area contributed by atoms with Gasteiger partial charge in [0.15, 0.2) is 0 Å². The van der Waals surface area contributed by atoms with Crippen LogP contribution in [0, 0.1) is 13.8 Å². The summed E-state index contributed by atoms with van der Waals surface area (Å²) in [6.07, 6.45) is 0.